The standard InChI is InChI=1S/C18H25NO5/c1-4-23-15-10-8-14(13-16(15)24-5-2)9-11-17(20)19-12-6-7-18(21)22-3/h8-11,13H,4-7,12H2,1-3H3,(H,19,20)/b11-9+. The molecule has 132 valence electrons. The number of amides is 1. The van der Waals surface area contributed by atoms with Crippen LogP contribution >= 0.6 is 0 Å². The first-order valence-electron chi connectivity index (χ1n) is 8.03. The zero-order valence-electron chi connectivity index (χ0n) is 14.5. The molecule has 0 radical (unpaired) electrons. The highest BCUT2D eigenvalue weighted by atomic mass is 16.5. The maximum Gasteiger partial charge on any atom is 0.305 e. The van der Waals surface area contributed by atoms with Gasteiger partial charge in [-0.1, -0.05) is 6.07 Å². The summed E-state index contributed by atoms with van der Waals surface area (Å²) >= 11 is 0. The molecule has 6 nitrogen and oxygen atoms in total. The zero-order valence-corrected chi connectivity index (χ0v) is 14.5. The molecular formula is C18H25NO5. The summed E-state index contributed by atoms with van der Waals surface area (Å²) in [5.74, 6) is 0.841. The number of esters is 1. The van der Waals surface area contributed by atoms with Crippen LogP contribution in [0.15, 0.2) is 24.3 Å². The third-order valence-corrected chi connectivity index (χ3v) is 3.08. The second-order valence-electron chi connectivity index (χ2n) is 4.88. The number of carbonyl (C=O) groups is 2. The van der Waals surface area contributed by atoms with Gasteiger partial charge in [0.15, 0.2) is 11.5 Å². The molecule has 0 spiro atoms. The number of benzene rings is 1. The number of rotatable bonds is 10. The highest BCUT2D eigenvalue weighted by Gasteiger charge is 2.05. The Morgan fingerprint density at radius 2 is 1.83 bits per heavy atom. The summed E-state index contributed by atoms with van der Waals surface area (Å²) in [4.78, 5) is 22.7. The van der Waals surface area contributed by atoms with Crippen LogP contribution in [0.1, 0.15) is 32.3 Å². The first kappa shape index (κ1) is 19.5. The second-order valence-corrected chi connectivity index (χ2v) is 4.88. The summed E-state index contributed by atoms with van der Waals surface area (Å²) in [5, 5.41) is 2.71. The smallest absolute Gasteiger partial charge is 0.305 e. The van der Waals surface area contributed by atoms with Gasteiger partial charge in [0.05, 0.1) is 20.3 Å². The minimum absolute atomic E-state index is 0.216. The van der Waals surface area contributed by atoms with Crippen molar-refractivity contribution < 1.29 is 23.8 Å². The average Bonchev–Trinajstić information content (AvgIpc) is 2.59. The van der Waals surface area contributed by atoms with Crippen molar-refractivity contribution in [1.29, 1.82) is 0 Å². The quantitative estimate of drug-likeness (QED) is 0.404. The Hall–Kier alpha value is -2.50. The summed E-state index contributed by atoms with van der Waals surface area (Å²) in [7, 11) is 1.34. The Labute approximate surface area is 142 Å². The first-order chi connectivity index (χ1) is 11.6. The molecule has 1 amide bonds. The molecule has 0 bridgehead atoms. The molecule has 0 aliphatic rings. The van der Waals surface area contributed by atoms with Gasteiger partial charge in [-0.05, 0) is 44.0 Å². The highest BCUT2D eigenvalue weighted by molar-refractivity contribution is 5.91. The van der Waals surface area contributed by atoms with Gasteiger partial charge in [0.1, 0.15) is 0 Å². The van der Waals surface area contributed by atoms with Gasteiger partial charge in [-0.25, -0.2) is 0 Å². The Morgan fingerprint density at radius 1 is 1.12 bits per heavy atom. The van der Waals surface area contributed by atoms with Crippen molar-refractivity contribution >= 4 is 18.0 Å². The maximum atomic E-state index is 11.7. The van der Waals surface area contributed by atoms with Crippen LogP contribution in [0.2, 0.25) is 0 Å². The van der Waals surface area contributed by atoms with Crippen molar-refractivity contribution in [2.45, 2.75) is 26.7 Å². The van der Waals surface area contributed by atoms with Crippen molar-refractivity contribution in [3.8, 4) is 11.5 Å². The van der Waals surface area contributed by atoms with E-state index in [1.165, 1.54) is 13.2 Å². The number of carbonyl (C=O) groups excluding carboxylic acids is 2. The number of hydrogen-bond acceptors (Lipinski definition) is 5. The summed E-state index contributed by atoms with van der Waals surface area (Å²) in [6, 6.07) is 5.51. The van der Waals surface area contributed by atoms with Gasteiger partial charge in [-0.15, -0.1) is 0 Å². The lowest BCUT2D eigenvalue weighted by atomic mass is 10.2. The summed E-state index contributed by atoms with van der Waals surface area (Å²) in [6.45, 7) is 5.33. The van der Waals surface area contributed by atoms with Crippen LogP contribution in [0.3, 0.4) is 0 Å². The van der Waals surface area contributed by atoms with Crippen LogP contribution in [0.25, 0.3) is 6.08 Å². The van der Waals surface area contributed by atoms with Crippen molar-refractivity contribution in [1.82, 2.24) is 5.32 Å². The SMILES string of the molecule is CCOc1ccc(/C=C/C(=O)NCCCC(=O)OC)cc1OCC. The molecule has 1 aromatic rings. The lowest BCUT2D eigenvalue weighted by Crippen LogP contribution is -2.22. The molecule has 0 aliphatic carbocycles. The largest absolute Gasteiger partial charge is 0.490 e. The number of methoxy groups -OCH3 is 1. The lowest BCUT2D eigenvalue weighted by molar-refractivity contribution is -0.140. The van der Waals surface area contributed by atoms with Gasteiger partial charge in [0.25, 0.3) is 0 Å². The molecule has 6 heteroatoms. The lowest BCUT2D eigenvalue weighted by Gasteiger charge is -2.11. The van der Waals surface area contributed by atoms with Crippen molar-refractivity contribution in [2.24, 2.45) is 0 Å². The average molecular weight is 335 g/mol. The molecule has 1 aromatic carbocycles. The van der Waals surface area contributed by atoms with E-state index in [4.69, 9.17) is 9.47 Å². The monoisotopic (exact) mass is 335 g/mol. The van der Waals surface area contributed by atoms with E-state index in [1.54, 1.807) is 6.08 Å². The van der Waals surface area contributed by atoms with Crippen LogP contribution in [-0.4, -0.2) is 38.7 Å². The van der Waals surface area contributed by atoms with Crippen LogP contribution in [-0.2, 0) is 14.3 Å². The molecule has 24 heavy (non-hydrogen) atoms. The Kier molecular flexibility index (Phi) is 9.04. The topological polar surface area (TPSA) is 73.9 Å². The van der Waals surface area contributed by atoms with Crippen molar-refractivity contribution in [3.05, 3.63) is 29.8 Å². The van der Waals surface area contributed by atoms with Gasteiger partial charge in [0, 0.05) is 19.0 Å². The molecule has 0 unspecified atom stereocenters. The fourth-order valence-corrected chi connectivity index (χ4v) is 1.95. The van der Waals surface area contributed by atoms with Crippen LogP contribution in [0.4, 0.5) is 0 Å². The van der Waals surface area contributed by atoms with E-state index >= 15 is 0 Å². The van der Waals surface area contributed by atoms with E-state index in [9.17, 15) is 9.59 Å². The van der Waals surface area contributed by atoms with E-state index in [0.717, 1.165) is 5.56 Å². The maximum absolute atomic E-state index is 11.7. The molecule has 0 saturated heterocycles. The number of hydrogen-bond donors (Lipinski definition) is 1. The van der Waals surface area contributed by atoms with Crippen molar-refractivity contribution in [2.75, 3.05) is 26.9 Å². The molecule has 0 aliphatic heterocycles. The summed E-state index contributed by atoms with van der Waals surface area (Å²) in [5.41, 5.74) is 0.839. The number of nitrogens with one attached hydrogen (secondary N) is 1. The van der Waals surface area contributed by atoms with Gasteiger partial charge in [-0.2, -0.15) is 0 Å². The van der Waals surface area contributed by atoms with Gasteiger partial charge in [-0.3, -0.25) is 9.59 Å². The summed E-state index contributed by atoms with van der Waals surface area (Å²) < 4.78 is 15.6. The fraction of sp³-hybridized carbons (Fsp3) is 0.444. The Balaban J connectivity index is 2.54. The fourth-order valence-electron chi connectivity index (χ4n) is 1.95. The van der Waals surface area contributed by atoms with Gasteiger partial charge >= 0.3 is 5.97 Å². The molecule has 1 rings (SSSR count). The molecule has 1 N–H and O–H groups in total. The van der Waals surface area contributed by atoms with E-state index in [-0.39, 0.29) is 18.3 Å². The predicted octanol–water partition coefficient (Wildman–Crippen LogP) is 2.57. The third kappa shape index (κ3) is 7.17. The van der Waals surface area contributed by atoms with Crippen LogP contribution in [0.5, 0.6) is 11.5 Å². The Bertz CT molecular complexity index is 569. The normalized spacial score (nSPS) is 10.5. The third-order valence-electron chi connectivity index (χ3n) is 3.08. The minimum Gasteiger partial charge on any atom is -0.490 e. The summed E-state index contributed by atoms with van der Waals surface area (Å²) in [6.07, 6.45) is 3.98. The van der Waals surface area contributed by atoms with Crippen LogP contribution < -0.4 is 14.8 Å². The van der Waals surface area contributed by atoms with E-state index in [0.29, 0.717) is 37.7 Å². The zero-order chi connectivity index (χ0) is 17.8. The highest BCUT2D eigenvalue weighted by Crippen LogP contribution is 2.28. The van der Waals surface area contributed by atoms with Crippen LogP contribution in [0, 0.1) is 0 Å². The minimum atomic E-state index is -0.280. The molecule has 0 aromatic heterocycles. The first-order valence-corrected chi connectivity index (χ1v) is 8.03. The molecule has 0 saturated carbocycles. The molecular weight excluding hydrogens is 310 g/mol. The van der Waals surface area contributed by atoms with E-state index in [2.05, 4.69) is 10.1 Å². The van der Waals surface area contributed by atoms with Gasteiger partial charge in [0.2, 0.25) is 5.91 Å². The molecule has 0 heterocycles. The predicted molar refractivity (Wildman–Crippen MR) is 92.1 cm³/mol. The Morgan fingerprint density at radius 3 is 2.50 bits per heavy atom. The van der Waals surface area contributed by atoms with Crippen molar-refractivity contribution in [3.63, 3.8) is 0 Å². The molecule has 0 fully saturated rings. The second kappa shape index (κ2) is 11.1. The van der Waals surface area contributed by atoms with E-state index < -0.39 is 0 Å². The van der Waals surface area contributed by atoms with E-state index in [1.807, 2.05) is 32.0 Å². The van der Waals surface area contributed by atoms with Gasteiger partial charge < -0.3 is 19.5 Å². The molecule has 0 atom stereocenters. The number of ether oxygens (including phenoxy) is 3.